The largest absolute Gasteiger partial charge is 0.481 e. The Kier molecular flexibility index (Phi) is 6.50. The van der Waals surface area contributed by atoms with Crippen molar-refractivity contribution in [1.82, 2.24) is 19.7 Å². The van der Waals surface area contributed by atoms with E-state index in [1.54, 1.807) is 0 Å². The van der Waals surface area contributed by atoms with E-state index >= 15 is 0 Å². The number of rotatable bonds is 9. The molecule has 0 bridgehead atoms. The van der Waals surface area contributed by atoms with Crippen molar-refractivity contribution in [2.24, 2.45) is 0 Å². The smallest absolute Gasteiger partial charge is 0.313 e. The molecule has 0 unspecified atom stereocenters. The van der Waals surface area contributed by atoms with Crippen molar-refractivity contribution in [3.05, 3.63) is 5.82 Å². The summed E-state index contributed by atoms with van der Waals surface area (Å²) in [6.45, 7) is 6.52. The van der Waals surface area contributed by atoms with Gasteiger partial charge >= 0.3 is 5.97 Å². The summed E-state index contributed by atoms with van der Waals surface area (Å²) < 4.78 is 2.10. The number of aliphatic carboxylic acids is 1. The van der Waals surface area contributed by atoms with Crippen molar-refractivity contribution in [1.29, 1.82) is 0 Å². The number of likely N-dealkylation sites (tertiary alicyclic amines) is 1. The van der Waals surface area contributed by atoms with Gasteiger partial charge < -0.3 is 14.6 Å². The first kappa shape index (κ1) is 16.3. The number of nitrogens with zero attached hydrogens (tertiary/aromatic N) is 4. The summed E-state index contributed by atoms with van der Waals surface area (Å²) in [5, 5.41) is 17.9. The number of carbonyl (C=O) groups is 1. The van der Waals surface area contributed by atoms with Gasteiger partial charge in [-0.05, 0) is 45.3 Å². The van der Waals surface area contributed by atoms with Crippen molar-refractivity contribution in [2.75, 3.05) is 25.4 Å². The van der Waals surface area contributed by atoms with Gasteiger partial charge in [0.05, 0.1) is 5.75 Å². The van der Waals surface area contributed by atoms with Crippen LogP contribution in [0.25, 0.3) is 0 Å². The molecule has 1 aromatic rings. The molecule has 7 heteroatoms. The normalized spacial score (nSPS) is 15.7. The summed E-state index contributed by atoms with van der Waals surface area (Å²) in [5.74, 6) is 0.201. The van der Waals surface area contributed by atoms with Crippen LogP contribution in [0.4, 0.5) is 0 Å². The van der Waals surface area contributed by atoms with Gasteiger partial charge in [-0.2, -0.15) is 0 Å². The Morgan fingerprint density at radius 2 is 2.05 bits per heavy atom. The number of carboxylic acids is 1. The van der Waals surface area contributed by atoms with E-state index in [0.717, 1.165) is 43.3 Å². The van der Waals surface area contributed by atoms with Gasteiger partial charge in [0.15, 0.2) is 5.16 Å². The average molecular weight is 312 g/mol. The van der Waals surface area contributed by atoms with Gasteiger partial charge in [-0.3, -0.25) is 4.79 Å². The molecule has 0 aromatic carbocycles. The summed E-state index contributed by atoms with van der Waals surface area (Å²) in [6.07, 6.45) is 5.61. The Labute approximate surface area is 129 Å². The zero-order valence-corrected chi connectivity index (χ0v) is 13.4. The fraction of sp³-hybridized carbons (Fsp3) is 0.786. The minimum atomic E-state index is -0.816. The molecule has 0 saturated carbocycles. The van der Waals surface area contributed by atoms with Gasteiger partial charge in [-0.15, -0.1) is 10.2 Å². The molecule has 2 heterocycles. The maximum absolute atomic E-state index is 10.7. The third kappa shape index (κ3) is 5.00. The van der Waals surface area contributed by atoms with E-state index in [4.69, 9.17) is 5.11 Å². The summed E-state index contributed by atoms with van der Waals surface area (Å²) in [6, 6.07) is 0. The highest BCUT2D eigenvalue weighted by Gasteiger charge is 2.15. The Morgan fingerprint density at radius 3 is 2.71 bits per heavy atom. The second kappa shape index (κ2) is 8.38. The van der Waals surface area contributed by atoms with E-state index in [0.29, 0.717) is 0 Å². The molecule has 0 amide bonds. The second-order valence-corrected chi connectivity index (χ2v) is 6.33. The third-order valence-corrected chi connectivity index (χ3v) is 4.60. The van der Waals surface area contributed by atoms with Crippen molar-refractivity contribution < 1.29 is 9.90 Å². The standard InChI is InChI=1S/C14H24N4O2S/c1-2-6-12-15-16-14(21-11-13(19)20)18(12)10-5-9-17-7-3-4-8-17/h2-11H2,1H3,(H,19,20). The number of hydrogen-bond acceptors (Lipinski definition) is 5. The van der Waals surface area contributed by atoms with Crippen LogP contribution in [0.5, 0.6) is 0 Å². The molecule has 0 atom stereocenters. The Hall–Kier alpha value is -1.08. The molecule has 1 saturated heterocycles. The monoisotopic (exact) mass is 312 g/mol. The predicted octanol–water partition coefficient (Wildman–Crippen LogP) is 1.89. The van der Waals surface area contributed by atoms with E-state index in [1.807, 2.05) is 0 Å². The first-order valence-corrected chi connectivity index (χ1v) is 8.68. The molecule has 2 rings (SSSR count). The molecule has 1 aliphatic rings. The van der Waals surface area contributed by atoms with Gasteiger partial charge in [-0.25, -0.2) is 0 Å². The van der Waals surface area contributed by atoms with Crippen LogP contribution < -0.4 is 0 Å². The Balaban J connectivity index is 1.92. The molecule has 0 radical (unpaired) electrons. The summed E-state index contributed by atoms with van der Waals surface area (Å²) in [5.41, 5.74) is 0. The van der Waals surface area contributed by atoms with Gasteiger partial charge in [-0.1, -0.05) is 18.7 Å². The van der Waals surface area contributed by atoms with E-state index in [-0.39, 0.29) is 5.75 Å². The van der Waals surface area contributed by atoms with E-state index < -0.39 is 5.97 Å². The third-order valence-electron chi connectivity index (χ3n) is 3.65. The van der Waals surface area contributed by atoms with Crippen LogP contribution in [0.1, 0.15) is 38.4 Å². The zero-order valence-electron chi connectivity index (χ0n) is 12.6. The van der Waals surface area contributed by atoms with Crippen LogP contribution in [0.3, 0.4) is 0 Å². The van der Waals surface area contributed by atoms with E-state index in [9.17, 15) is 4.79 Å². The fourth-order valence-electron chi connectivity index (χ4n) is 2.64. The molecule has 0 spiro atoms. The fourth-order valence-corrected chi connectivity index (χ4v) is 3.35. The van der Waals surface area contributed by atoms with Crippen LogP contribution in [-0.2, 0) is 17.8 Å². The number of aromatic nitrogens is 3. The molecule has 6 nitrogen and oxygen atoms in total. The molecule has 0 aliphatic carbocycles. The molecule has 21 heavy (non-hydrogen) atoms. The highest BCUT2D eigenvalue weighted by Crippen LogP contribution is 2.18. The van der Waals surface area contributed by atoms with Crippen molar-refractivity contribution in [3.8, 4) is 0 Å². The number of aryl methyl sites for hydroxylation is 1. The van der Waals surface area contributed by atoms with Crippen molar-refractivity contribution >= 4 is 17.7 Å². The lowest BCUT2D eigenvalue weighted by molar-refractivity contribution is -0.133. The minimum Gasteiger partial charge on any atom is -0.481 e. The van der Waals surface area contributed by atoms with Crippen LogP contribution in [0, 0.1) is 0 Å². The van der Waals surface area contributed by atoms with Crippen LogP contribution in [-0.4, -0.2) is 56.1 Å². The van der Waals surface area contributed by atoms with Crippen LogP contribution in [0.2, 0.25) is 0 Å². The molecular weight excluding hydrogens is 288 g/mol. The molecular formula is C14H24N4O2S. The van der Waals surface area contributed by atoms with Gasteiger partial charge in [0, 0.05) is 13.0 Å². The van der Waals surface area contributed by atoms with Crippen LogP contribution >= 0.6 is 11.8 Å². The molecule has 1 N–H and O–H groups in total. The first-order valence-electron chi connectivity index (χ1n) is 7.69. The molecule has 118 valence electrons. The van der Waals surface area contributed by atoms with Crippen LogP contribution in [0.15, 0.2) is 5.16 Å². The minimum absolute atomic E-state index is 0.0381. The lowest BCUT2D eigenvalue weighted by Gasteiger charge is -2.15. The molecule has 1 aliphatic heterocycles. The lowest BCUT2D eigenvalue weighted by Crippen LogP contribution is -2.22. The second-order valence-electron chi connectivity index (χ2n) is 5.39. The van der Waals surface area contributed by atoms with E-state index in [2.05, 4.69) is 26.6 Å². The van der Waals surface area contributed by atoms with Crippen molar-refractivity contribution in [2.45, 2.75) is 50.7 Å². The van der Waals surface area contributed by atoms with Gasteiger partial charge in [0.2, 0.25) is 0 Å². The maximum atomic E-state index is 10.7. The summed E-state index contributed by atoms with van der Waals surface area (Å²) >= 11 is 1.26. The van der Waals surface area contributed by atoms with E-state index in [1.165, 1.54) is 37.7 Å². The average Bonchev–Trinajstić information content (AvgIpc) is 3.08. The SMILES string of the molecule is CCCc1nnc(SCC(=O)O)n1CCCN1CCCC1. The molecule has 1 aromatic heterocycles. The maximum Gasteiger partial charge on any atom is 0.313 e. The number of carboxylic acid groups (broad SMARTS) is 1. The Bertz CT molecular complexity index is 458. The Morgan fingerprint density at radius 1 is 1.29 bits per heavy atom. The highest BCUT2D eigenvalue weighted by molar-refractivity contribution is 7.99. The van der Waals surface area contributed by atoms with Gasteiger partial charge in [0.25, 0.3) is 0 Å². The number of hydrogen-bond donors (Lipinski definition) is 1. The molecule has 1 fully saturated rings. The first-order chi connectivity index (χ1) is 10.2. The highest BCUT2D eigenvalue weighted by atomic mass is 32.2. The lowest BCUT2D eigenvalue weighted by atomic mass is 10.3. The topological polar surface area (TPSA) is 71.2 Å². The number of thioether (sulfide) groups is 1. The van der Waals surface area contributed by atoms with Crippen molar-refractivity contribution in [3.63, 3.8) is 0 Å². The predicted molar refractivity (Wildman–Crippen MR) is 82.7 cm³/mol. The quantitative estimate of drug-likeness (QED) is 0.702. The summed E-state index contributed by atoms with van der Waals surface area (Å²) in [7, 11) is 0. The zero-order chi connectivity index (χ0) is 15.1. The summed E-state index contributed by atoms with van der Waals surface area (Å²) in [4.78, 5) is 13.2. The van der Waals surface area contributed by atoms with Gasteiger partial charge in [0.1, 0.15) is 5.82 Å².